The first-order valence-corrected chi connectivity index (χ1v) is 11.9. The molecule has 6 heteroatoms. The number of pyridine rings is 1. The Morgan fingerprint density at radius 1 is 0.818 bits per heavy atom. The third-order valence-electron chi connectivity index (χ3n) is 6.58. The molecule has 0 atom stereocenters. The fraction of sp³-hybridized carbons (Fsp3) is 0.370. The number of nitrogens with zero attached hydrogens (tertiary/aromatic N) is 4. The maximum atomic E-state index is 4.80. The quantitative estimate of drug-likeness (QED) is 0.421. The van der Waals surface area contributed by atoms with Crippen molar-refractivity contribution in [2.75, 3.05) is 30.9 Å². The number of aromatic nitrogens is 3. The number of benzene rings is 2. The normalized spacial score (nSPS) is 18.5. The van der Waals surface area contributed by atoms with E-state index in [0.29, 0.717) is 12.0 Å². The molecule has 0 bridgehead atoms. The highest BCUT2D eigenvalue weighted by atomic mass is 15.2. The SMILES string of the molecule is CN(C)c1nc(N[C@H]2CC[C@@H](CNCc3ccc4ccccc4n3)CC2)nc2ccccc12. The summed E-state index contributed by atoms with van der Waals surface area (Å²) < 4.78 is 0. The van der Waals surface area contributed by atoms with Gasteiger partial charge in [0, 0.05) is 37.5 Å². The molecule has 2 N–H and O–H groups in total. The zero-order valence-corrected chi connectivity index (χ0v) is 19.5. The van der Waals surface area contributed by atoms with Crippen LogP contribution >= 0.6 is 0 Å². The van der Waals surface area contributed by atoms with E-state index in [2.05, 4.69) is 58.0 Å². The largest absolute Gasteiger partial charge is 0.362 e. The van der Waals surface area contributed by atoms with Crippen LogP contribution in [0, 0.1) is 5.92 Å². The van der Waals surface area contributed by atoms with E-state index in [4.69, 9.17) is 15.0 Å². The summed E-state index contributed by atoms with van der Waals surface area (Å²) >= 11 is 0. The molecule has 0 saturated heterocycles. The second-order valence-electron chi connectivity index (χ2n) is 9.27. The molecule has 2 aromatic carbocycles. The maximum absolute atomic E-state index is 4.80. The Hall–Kier alpha value is -3.25. The lowest BCUT2D eigenvalue weighted by molar-refractivity contribution is 0.323. The topological polar surface area (TPSA) is 66.0 Å². The van der Waals surface area contributed by atoms with Gasteiger partial charge in [-0.1, -0.05) is 36.4 Å². The molecule has 0 amide bonds. The molecule has 0 unspecified atom stereocenters. The Labute approximate surface area is 195 Å². The van der Waals surface area contributed by atoms with Crippen molar-refractivity contribution in [3.63, 3.8) is 0 Å². The highest BCUT2D eigenvalue weighted by Gasteiger charge is 2.22. The average molecular weight is 441 g/mol. The van der Waals surface area contributed by atoms with Gasteiger partial charge in [-0.2, -0.15) is 4.98 Å². The van der Waals surface area contributed by atoms with Gasteiger partial charge in [0.1, 0.15) is 5.82 Å². The van der Waals surface area contributed by atoms with E-state index < -0.39 is 0 Å². The fourth-order valence-corrected chi connectivity index (χ4v) is 4.77. The fourth-order valence-electron chi connectivity index (χ4n) is 4.77. The third kappa shape index (κ3) is 5.06. The molecule has 1 aliphatic carbocycles. The molecule has 5 rings (SSSR count). The molecule has 170 valence electrons. The number of anilines is 2. The Kier molecular flexibility index (Phi) is 6.35. The molecule has 0 spiro atoms. The lowest BCUT2D eigenvalue weighted by atomic mass is 9.86. The Balaban J connectivity index is 1.13. The van der Waals surface area contributed by atoms with E-state index in [9.17, 15) is 0 Å². The van der Waals surface area contributed by atoms with E-state index in [0.717, 1.165) is 59.8 Å². The summed E-state index contributed by atoms with van der Waals surface area (Å²) in [5.74, 6) is 2.41. The lowest BCUT2D eigenvalue weighted by Gasteiger charge is -2.29. The molecular weight excluding hydrogens is 408 g/mol. The Morgan fingerprint density at radius 3 is 2.39 bits per heavy atom. The van der Waals surface area contributed by atoms with Crippen LogP contribution in [0.3, 0.4) is 0 Å². The minimum absolute atomic E-state index is 0.430. The standard InChI is InChI=1S/C27H32N6/c1-33(2)26-23-8-4-6-10-25(23)31-27(32-26)30-21-14-11-19(12-15-21)17-28-18-22-16-13-20-7-3-5-9-24(20)29-22/h3-10,13,16,19,21,28H,11-12,14-15,17-18H2,1-2H3,(H,30,31,32)/t19-,21+. The van der Waals surface area contributed by atoms with Gasteiger partial charge in [0.2, 0.25) is 5.95 Å². The van der Waals surface area contributed by atoms with Crippen LogP contribution in [0.2, 0.25) is 0 Å². The van der Waals surface area contributed by atoms with Gasteiger partial charge < -0.3 is 15.5 Å². The van der Waals surface area contributed by atoms with Gasteiger partial charge in [-0.15, -0.1) is 0 Å². The first kappa shape index (κ1) is 21.6. The van der Waals surface area contributed by atoms with Crippen molar-refractivity contribution in [1.29, 1.82) is 0 Å². The molecule has 1 fully saturated rings. The summed E-state index contributed by atoms with van der Waals surface area (Å²) in [5, 5.41) is 9.52. The van der Waals surface area contributed by atoms with Gasteiger partial charge in [0.15, 0.2) is 0 Å². The minimum atomic E-state index is 0.430. The summed E-state index contributed by atoms with van der Waals surface area (Å²) in [6.45, 7) is 1.86. The van der Waals surface area contributed by atoms with E-state index in [-0.39, 0.29) is 0 Å². The van der Waals surface area contributed by atoms with Crippen LogP contribution in [0.15, 0.2) is 60.7 Å². The molecule has 6 nitrogen and oxygen atoms in total. The van der Waals surface area contributed by atoms with Gasteiger partial charge in [-0.25, -0.2) is 4.98 Å². The van der Waals surface area contributed by atoms with Gasteiger partial charge in [-0.3, -0.25) is 4.98 Å². The first-order valence-electron chi connectivity index (χ1n) is 11.9. The second kappa shape index (κ2) is 9.71. The number of para-hydroxylation sites is 2. The Morgan fingerprint density at radius 2 is 1.58 bits per heavy atom. The van der Waals surface area contributed by atoms with E-state index in [1.807, 2.05) is 32.3 Å². The Bertz CT molecular complexity index is 1230. The predicted octanol–water partition coefficient (Wildman–Crippen LogP) is 5.00. The number of hydrogen-bond donors (Lipinski definition) is 2. The lowest BCUT2D eigenvalue weighted by Crippen LogP contribution is -2.31. The van der Waals surface area contributed by atoms with Crippen molar-refractivity contribution < 1.29 is 0 Å². The van der Waals surface area contributed by atoms with Gasteiger partial charge in [0.25, 0.3) is 0 Å². The number of rotatable bonds is 7. The molecule has 4 aromatic rings. The van der Waals surface area contributed by atoms with Crippen molar-refractivity contribution in [1.82, 2.24) is 20.3 Å². The highest BCUT2D eigenvalue weighted by molar-refractivity contribution is 5.90. The van der Waals surface area contributed by atoms with Crippen LogP contribution in [-0.4, -0.2) is 41.6 Å². The van der Waals surface area contributed by atoms with E-state index in [1.54, 1.807) is 0 Å². The summed E-state index contributed by atoms with van der Waals surface area (Å²) in [6, 6.07) is 21.2. The molecule has 2 aromatic heterocycles. The summed E-state index contributed by atoms with van der Waals surface area (Å²) in [4.78, 5) is 16.4. The monoisotopic (exact) mass is 440 g/mol. The van der Waals surface area contributed by atoms with Crippen molar-refractivity contribution in [3.05, 3.63) is 66.4 Å². The van der Waals surface area contributed by atoms with Crippen LogP contribution < -0.4 is 15.5 Å². The van der Waals surface area contributed by atoms with Crippen molar-refractivity contribution in [2.24, 2.45) is 5.92 Å². The summed E-state index contributed by atoms with van der Waals surface area (Å²) in [5.41, 5.74) is 3.16. The second-order valence-corrected chi connectivity index (χ2v) is 9.27. The van der Waals surface area contributed by atoms with Crippen molar-refractivity contribution >= 4 is 33.6 Å². The first-order chi connectivity index (χ1) is 16.2. The molecule has 0 radical (unpaired) electrons. The van der Waals surface area contributed by atoms with Crippen molar-refractivity contribution in [3.8, 4) is 0 Å². The molecule has 1 aliphatic rings. The van der Waals surface area contributed by atoms with E-state index in [1.165, 1.54) is 18.2 Å². The summed E-state index contributed by atoms with van der Waals surface area (Å²) in [6.07, 6.45) is 4.72. The molecular formula is C27H32N6. The number of nitrogens with one attached hydrogen (secondary N) is 2. The number of fused-ring (bicyclic) bond motifs is 2. The van der Waals surface area contributed by atoms with Crippen LogP contribution in [0.4, 0.5) is 11.8 Å². The average Bonchev–Trinajstić information content (AvgIpc) is 2.84. The molecule has 2 heterocycles. The van der Waals surface area contributed by atoms with Gasteiger partial charge in [-0.05, 0) is 62.4 Å². The van der Waals surface area contributed by atoms with Crippen LogP contribution in [0.25, 0.3) is 21.8 Å². The number of hydrogen-bond acceptors (Lipinski definition) is 6. The minimum Gasteiger partial charge on any atom is -0.362 e. The van der Waals surface area contributed by atoms with Crippen molar-refractivity contribution in [2.45, 2.75) is 38.3 Å². The van der Waals surface area contributed by atoms with E-state index >= 15 is 0 Å². The predicted molar refractivity (Wildman–Crippen MR) is 137 cm³/mol. The zero-order chi connectivity index (χ0) is 22.6. The third-order valence-corrected chi connectivity index (χ3v) is 6.58. The van der Waals surface area contributed by atoms with Gasteiger partial charge >= 0.3 is 0 Å². The van der Waals surface area contributed by atoms with Crippen LogP contribution in [0.1, 0.15) is 31.4 Å². The van der Waals surface area contributed by atoms with Gasteiger partial charge in [0.05, 0.1) is 16.7 Å². The maximum Gasteiger partial charge on any atom is 0.225 e. The van der Waals surface area contributed by atoms with Crippen LogP contribution in [-0.2, 0) is 6.54 Å². The van der Waals surface area contributed by atoms with Crippen LogP contribution in [0.5, 0.6) is 0 Å². The smallest absolute Gasteiger partial charge is 0.225 e. The molecule has 0 aliphatic heterocycles. The molecule has 33 heavy (non-hydrogen) atoms. The highest BCUT2D eigenvalue weighted by Crippen LogP contribution is 2.28. The molecule has 1 saturated carbocycles. The zero-order valence-electron chi connectivity index (χ0n) is 19.5. The summed E-state index contributed by atoms with van der Waals surface area (Å²) in [7, 11) is 4.06.